The van der Waals surface area contributed by atoms with Crippen molar-refractivity contribution in [2.45, 2.75) is 50.6 Å². The van der Waals surface area contributed by atoms with Crippen LogP contribution in [-0.2, 0) is 10.0 Å². The molecule has 0 aromatic carbocycles. The molecular formula is C16H31F3IN5O2S. The van der Waals surface area contributed by atoms with Crippen molar-refractivity contribution in [1.29, 1.82) is 0 Å². The van der Waals surface area contributed by atoms with E-state index in [1.54, 1.807) is 0 Å². The normalized spacial score (nSPS) is 20.8. The van der Waals surface area contributed by atoms with Crippen LogP contribution < -0.4 is 10.6 Å². The van der Waals surface area contributed by atoms with E-state index >= 15 is 0 Å². The molecule has 28 heavy (non-hydrogen) atoms. The molecule has 0 amide bonds. The first-order chi connectivity index (χ1) is 12.7. The summed E-state index contributed by atoms with van der Waals surface area (Å²) in [6.45, 7) is 6.34. The van der Waals surface area contributed by atoms with E-state index in [0.717, 1.165) is 26.1 Å². The maximum atomic E-state index is 12.6. The smallest absolute Gasteiger partial charge is 0.357 e. The van der Waals surface area contributed by atoms with E-state index in [1.807, 2.05) is 6.92 Å². The van der Waals surface area contributed by atoms with Crippen molar-refractivity contribution in [3.63, 3.8) is 0 Å². The van der Waals surface area contributed by atoms with Crippen LogP contribution in [0, 0.1) is 0 Å². The van der Waals surface area contributed by atoms with Gasteiger partial charge in [0.2, 0.25) is 0 Å². The molecule has 0 unspecified atom stereocenters. The fourth-order valence-corrected chi connectivity index (χ4v) is 4.38. The quantitative estimate of drug-likeness (QED) is 0.223. The number of rotatable bonds is 7. The Labute approximate surface area is 182 Å². The predicted octanol–water partition coefficient (Wildman–Crippen LogP) is 1.96. The molecule has 0 aromatic rings. The van der Waals surface area contributed by atoms with Crippen LogP contribution in [0.25, 0.3) is 0 Å². The van der Waals surface area contributed by atoms with E-state index in [0.29, 0.717) is 36.2 Å². The Morgan fingerprint density at radius 1 is 1.14 bits per heavy atom. The van der Waals surface area contributed by atoms with E-state index in [4.69, 9.17) is 0 Å². The molecule has 2 rings (SSSR count). The molecule has 12 heteroatoms. The molecule has 2 fully saturated rings. The summed E-state index contributed by atoms with van der Waals surface area (Å²) in [5.74, 6) is 0.635. The van der Waals surface area contributed by atoms with Gasteiger partial charge in [0, 0.05) is 32.2 Å². The van der Waals surface area contributed by atoms with Crippen molar-refractivity contribution in [1.82, 2.24) is 19.8 Å². The summed E-state index contributed by atoms with van der Waals surface area (Å²) in [4.78, 5) is 6.95. The van der Waals surface area contributed by atoms with E-state index in [9.17, 15) is 21.6 Å². The van der Waals surface area contributed by atoms with Crippen molar-refractivity contribution < 1.29 is 21.6 Å². The summed E-state index contributed by atoms with van der Waals surface area (Å²) in [5.41, 5.74) is -5.24. The van der Waals surface area contributed by atoms with Gasteiger partial charge in [0.1, 0.15) is 0 Å². The van der Waals surface area contributed by atoms with Gasteiger partial charge in [-0.1, -0.05) is 0 Å². The maximum Gasteiger partial charge on any atom is 0.511 e. The first kappa shape index (κ1) is 25.7. The maximum absolute atomic E-state index is 12.6. The Morgan fingerprint density at radius 3 is 2.29 bits per heavy atom. The Hall–Kier alpha value is -0.340. The van der Waals surface area contributed by atoms with Crippen LogP contribution in [0.3, 0.4) is 0 Å². The highest BCUT2D eigenvalue weighted by Crippen LogP contribution is 2.28. The van der Waals surface area contributed by atoms with Crippen LogP contribution in [0.1, 0.15) is 39.0 Å². The summed E-state index contributed by atoms with van der Waals surface area (Å²) in [6, 6.07) is -0.0962. The lowest BCUT2D eigenvalue weighted by Gasteiger charge is -2.32. The van der Waals surface area contributed by atoms with E-state index in [-0.39, 0.29) is 43.1 Å². The molecule has 2 saturated heterocycles. The van der Waals surface area contributed by atoms with Gasteiger partial charge < -0.3 is 15.5 Å². The number of piperidine rings is 1. The highest BCUT2D eigenvalue weighted by molar-refractivity contribution is 14.0. The number of nitrogens with one attached hydrogen (secondary N) is 2. The van der Waals surface area contributed by atoms with E-state index in [1.165, 1.54) is 12.8 Å². The number of hydrogen-bond donors (Lipinski definition) is 2. The zero-order valence-corrected chi connectivity index (χ0v) is 19.3. The molecule has 0 radical (unpaired) electrons. The van der Waals surface area contributed by atoms with Crippen LogP contribution in [-0.4, -0.2) is 80.9 Å². The number of guanidine groups is 1. The predicted molar refractivity (Wildman–Crippen MR) is 114 cm³/mol. The Bertz CT molecular complexity index is 590. The molecular weight excluding hydrogens is 510 g/mol. The molecule has 0 bridgehead atoms. The van der Waals surface area contributed by atoms with Crippen molar-refractivity contribution in [2.75, 3.05) is 45.8 Å². The second-order valence-electron chi connectivity index (χ2n) is 6.93. The third kappa shape index (κ3) is 7.48. The summed E-state index contributed by atoms with van der Waals surface area (Å²) >= 11 is 0. The van der Waals surface area contributed by atoms with Gasteiger partial charge in [0.15, 0.2) is 5.96 Å². The van der Waals surface area contributed by atoms with Gasteiger partial charge in [0.25, 0.3) is 0 Å². The fraction of sp³-hybridized carbons (Fsp3) is 0.938. The lowest BCUT2D eigenvalue weighted by atomic mass is 10.1. The van der Waals surface area contributed by atoms with Crippen LogP contribution in [0.4, 0.5) is 13.2 Å². The summed E-state index contributed by atoms with van der Waals surface area (Å²) < 4.78 is 61.3. The van der Waals surface area contributed by atoms with Gasteiger partial charge in [-0.3, -0.25) is 4.99 Å². The number of halogens is 4. The Kier molecular flexibility index (Phi) is 10.8. The first-order valence-electron chi connectivity index (χ1n) is 9.57. The van der Waals surface area contributed by atoms with Crippen molar-refractivity contribution in [3.05, 3.63) is 0 Å². The van der Waals surface area contributed by atoms with Crippen LogP contribution in [0.5, 0.6) is 0 Å². The van der Waals surface area contributed by atoms with Gasteiger partial charge >= 0.3 is 15.5 Å². The minimum atomic E-state index is -5.24. The molecule has 0 atom stereocenters. The molecule has 2 aliphatic rings. The van der Waals surface area contributed by atoms with Crippen molar-refractivity contribution in [3.8, 4) is 0 Å². The molecule has 0 aliphatic carbocycles. The average molecular weight is 541 g/mol. The molecule has 0 spiro atoms. The SMILES string of the molecule is CCNC(=NCCCN1CCCC1)NC1CCN(S(=O)(=O)C(F)(F)F)CC1.I. The van der Waals surface area contributed by atoms with Gasteiger partial charge in [-0.05, 0) is 58.7 Å². The molecule has 166 valence electrons. The van der Waals surface area contributed by atoms with Gasteiger partial charge in [-0.15, -0.1) is 24.0 Å². The Morgan fingerprint density at radius 2 is 1.75 bits per heavy atom. The second kappa shape index (κ2) is 11.7. The topological polar surface area (TPSA) is 77.0 Å². The van der Waals surface area contributed by atoms with Crippen LogP contribution >= 0.6 is 24.0 Å². The average Bonchev–Trinajstić information content (AvgIpc) is 3.12. The monoisotopic (exact) mass is 541 g/mol. The molecule has 2 heterocycles. The minimum absolute atomic E-state index is 0. The zero-order valence-electron chi connectivity index (χ0n) is 16.2. The largest absolute Gasteiger partial charge is 0.511 e. The molecule has 2 aliphatic heterocycles. The lowest BCUT2D eigenvalue weighted by Crippen LogP contribution is -2.51. The second-order valence-corrected chi connectivity index (χ2v) is 8.86. The van der Waals surface area contributed by atoms with Crippen molar-refractivity contribution in [2.24, 2.45) is 4.99 Å². The number of likely N-dealkylation sites (tertiary alicyclic amines) is 1. The van der Waals surface area contributed by atoms with Gasteiger partial charge in [-0.25, -0.2) is 8.42 Å². The highest BCUT2D eigenvalue weighted by atomic mass is 127. The molecule has 7 nitrogen and oxygen atoms in total. The van der Waals surface area contributed by atoms with Crippen LogP contribution in [0.2, 0.25) is 0 Å². The zero-order chi connectivity index (χ0) is 19.9. The molecule has 0 saturated carbocycles. The number of alkyl halides is 3. The number of aliphatic imine (C=N–C) groups is 1. The van der Waals surface area contributed by atoms with Crippen molar-refractivity contribution >= 4 is 40.0 Å². The molecule has 2 N–H and O–H groups in total. The first-order valence-corrected chi connectivity index (χ1v) is 11.0. The Balaban J connectivity index is 0.00000392. The number of sulfonamides is 1. The summed E-state index contributed by atoms with van der Waals surface area (Å²) in [7, 11) is -5.23. The summed E-state index contributed by atoms with van der Waals surface area (Å²) in [6.07, 6.45) is 4.10. The van der Waals surface area contributed by atoms with Crippen LogP contribution in [0.15, 0.2) is 4.99 Å². The summed E-state index contributed by atoms with van der Waals surface area (Å²) in [5, 5.41) is 6.36. The standard InChI is InChI=1S/C16H30F3N5O2S.HI/c1-2-20-15(21-8-5-11-23-9-3-4-10-23)22-14-6-12-24(13-7-14)27(25,26)16(17,18)19;/h14H,2-13H2,1H3,(H2,20,21,22);1H. The van der Waals surface area contributed by atoms with Gasteiger partial charge in [-0.2, -0.15) is 17.5 Å². The van der Waals surface area contributed by atoms with Gasteiger partial charge in [0.05, 0.1) is 0 Å². The molecule has 0 aromatic heterocycles. The lowest BCUT2D eigenvalue weighted by molar-refractivity contribution is -0.0494. The van der Waals surface area contributed by atoms with E-state index in [2.05, 4.69) is 20.5 Å². The van der Waals surface area contributed by atoms with E-state index < -0.39 is 15.5 Å². The number of nitrogens with zero attached hydrogens (tertiary/aromatic N) is 3. The fourth-order valence-electron chi connectivity index (χ4n) is 3.39. The highest BCUT2D eigenvalue weighted by Gasteiger charge is 2.50. The third-order valence-corrected chi connectivity index (χ3v) is 6.50. The number of hydrogen-bond acceptors (Lipinski definition) is 4. The minimum Gasteiger partial charge on any atom is -0.357 e. The third-order valence-electron chi connectivity index (χ3n) is 4.87.